The van der Waals surface area contributed by atoms with Gasteiger partial charge in [-0.05, 0) is 0 Å². The van der Waals surface area contributed by atoms with Gasteiger partial charge in [0.05, 0.1) is 0 Å². The molecule has 3 fully saturated rings. The van der Waals surface area contributed by atoms with Gasteiger partial charge < -0.3 is 0 Å². The Balaban J connectivity index is 1.81. The van der Waals surface area contributed by atoms with Crippen molar-refractivity contribution in [3.05, 3.63) is 91.0 Å². The van der Waals surface area contributed by atoms with E-state index in [0.29, 0.717) is 11.8 Å². The van der Waals surface area contributed by atoms with E-state index in [1.165, 1.54) is 41.6 Å². The number of rotatable bonds is 4. The van der Waals surface area contributed by atoms with Crippen LogP contribution in [-0.2, 0) is 9.53 Å². The zero-order valence-electron chi connectivity index (χ0n) is 20.4. The number of methoxy groups -OCH3 is 1. The van der Waals surface area contributed by atoms with Crippen molar-refractivity contribution in [3.8, 4) is 0 Å². The van der Waals surface area contributed by atoms with E-state index < -0.39 is 6.75 Å². The Morgan fingerprint density at radius 1 is 0.765 bits per heavy atom. The molecule has 2 saturated carbocycles. The Morgan fingerprint density at radius 2 is 1.15 bits per heavy atom. The minimum absolute atomic E-state index is 0.0268. The van der Waals surface area contributed by atoms with Gasteiger partial charge in [-0.2, -0.15) is 0 Å². The van der Waals surface area contributed by atoms with Crippen LogP contribution >= 0.6 is 6.75 Å². The van der Waals surface area contributed by atoms with Gasteiger partial charge in [-0.3, -0.25) is 0 Å². The number of hydrogen-bond acceptors (Lipinski definition) is 2. The number of benzene rings is 3. The molecule has 4 heteroatoms. The molecule has 3 aromatic rings. The molecular weight excluding hydrogens is 437 g/mol. The van der Waals surface area contributed by atoms with Gasteiger partial charge in [0.25, 0.3) is 0 Å². The van der Waals surface area contributed by atoms with Gasteiger partial charge in [0, 0.05) is 0 Å². The Labute approximate surface area is 203 Å². The van der Waals surface area contributed by atoms with Crippen LogP contribution in [0.4, 0.5) is 0 Å². The van der Waals surface area contributed by atoms with E-state index in [1.54, 1.807) is 7.11 Å². The maximum atomic E-state index is 14.2. The third-order valence-electron chi connectivity index (χ3n) is 10.0. The fourth-order valence-corrected chi connectivity index (χ4v) is 18.5. The van der Waals surface area contributed by atoms with Gasteiger partial charge in [-0.15, -0.1) is 0 Å². The van der Waals surface area contributed by atoms with E-state index in [1.807, 2.05) is 0 Å². The summed E-state index contributed by atoms with van der Waals surface area (Å²) in [5, 5.41) is 3.88. The van der Waals surface area contributed by atoms with Gasteiger partial charge in [0.1, 0.15) is 0 Å². The van der Waals surface area contributed by atoms with Crippen LogP contribution in [0.3, 0.4) is 0 Å². The maximum absolute atomic E-state index is 14.2. The molecule has 1 spiro atoms. The number of fused-ring (bicyclic) bond motifs is 3. The molecule has 0 N–H and O–H groups in total. The number of quaternary nitrogens is 1. The van der Waals surface area contributed by atoms with Crippen LogP contribution in [0.15, 0.2) is 91.0 Å². The summed E-state index contributed by atoms with van der Waals surface area (Å²) in [5.74, 6) is 1.15. The van der Waals surface area contributed by atoms with E-state index in [4.69, 9.17) is 4.74 Å². The second kappa shape index (κ2) is 7.26. The monoisotopic (exact) mass is 472 g/mol. The number of ether oxygens (including phenoxy) is 1. The molecule has 6 rings (SSSR count). The molecule has 3 aliphatic rings. The summed E-state index contributed by atoms with van der Waals surface area (Å²) in [4.78, 5) is 14.2. The van der Waals surface area contributed by atoms with Crippen LogP contribution in [0, 0.1) is 11.8 Å². The quantitative estimate of drug-likeness (QED) is 0.409. The van der Waals surface area contributed by atoms with Gasteiger partial charge >= 0.3 is 203 Å². The van der Waals surface area contributed by atoms with Crippen molar-refractivity contribution in [1.29, 1.82) is 0 Å². The normalized spacial score (nSPS) is 32.9. The molecule has 34 heavy (non-hydrogen) atoms. The van der Waals surface area contributed by atoms with Crippen molar-refractivity contribution in [2.75, 3.05) is 21.2 Å². The molecule has 3 nitrogen and oxygen atoms in total. The second-order valence-electron chi connectivity index (χ2n) is 10.8. The zero-order chi connectivity index (χ0) is 23.6. The SMILES string of the molecule is COC(=O)C1C2([C@@H]3CCCC[C@@H]32)[N+](C)(C)P1(c1ccccc1)(c1ccccc1)c1ccccc1. The van der Waals surface area contributed by atoms with Crippen molar-refractivity contribution in [1.82, 2.24) is 0 Å². The summed E-state index contributed by atoms with van der Waals surface area (Å²) in [7, 11) is 6.48. The van der Waals surface area contributed by atoms with Crippen molar-refractivity contribution in [2.24, 2.45) is 11.8 Å². The topological polar surface area (TPSA) is 26.3 Å². The summed E-state index contributed by atoms with van der Waals surface area (Å²) < 4.78 is 6.61. The standard InChI is InChI=1S/C30H35NO2P/c1-31(2)30(26-21-13-14-22-27(26)30)28(29(32)33-3)34(31,23-15-7-4-8-16-23,24-17-9-5-10-18-24)25-19-11-6-12-20-25/h4-12,15-20,26-28H,13-14,21-22H2,1-3H3/q+1/t26-,27+,28?,30?. The van der Waals surface area contributed by atoms with Crippen LogP contribution in [0.1, 0.15) is 25.7 Å². The number of hydrogen-bond donors (Lipinski definition) is 0. The van der Waals surface area contributed by atoms with E-state index in [0.717, 1.165) is 4.25 Å². The van der Waals surface area contributed by atoms with Crippen molar-refractivity contribution in [2.45, 2.75) is 36.9 Å². The first-order valence-corrected chi connectivity index (χ1v) is 14.9. The van der Waals surface area contributed by atoms with Crippen LogP contribution in [0.5, 0.6) is 0 Å². The third-order valence-corrected chi connectivity index (χ3v) is 18.1. The second-order valence-corrected chi connectivity index (χ2v) is 16.2. The van der Waals surface area contributed by atoms with Crippen LogP contribution in [0.25, 0.3) is 0 Å². The molecule has 1 saturated heterocycles. The predicted molar refractivity (Wildman–Crippen MR) is 141 cm³/mol. The Morgan fingerprint density at radius 3 is 1.50 bits per heavy atom. The molecule has 176 valence electrons. The fourth-order valence-electron chi connectivity index (χ4n) is 9.11. The molecule has 2 aliphatic carbocycles. The van der Waals surface area contributed by atoms with Crippen LogP contribution < -0.4 is 15.9 Å². The van der Waals surface area contributed by atoms with Gasteiger partial charge in [0.15, 0.2) is 0 Å². The third kappa shape index (κ3) is 2.08. The summed E-state index contributed by atoms with van der Waals surface area (Å²) in [6.45, 7) is -3.40. The Kier molecular flexibility index (Phi) is 4.70. The Bertz CT molecular complexity index is 1110. The molecule has 4 atom stereocenters. The molecule has 0 aromatic heterocycles. The number of esters is 1. The van der Waals surface area contributed by atoms with Crippen molar-refractivity contribution >= 4 is 28.6 Å². The molecule has 0 amide bonds. The molecule has 2 unspecified atom stereocenters. The molecule has 0 bridgehead atoms. The molecule has 0 radical (unpaired) electrons. The Hall–Kier alpha value is -2.48. The number of nitrogens with zero attached hydrogens (tertiary/aromatic N) is 1. The molecule has 1 heterocycles. The van der Waals surface area contributed by atoms with E-state index >= 15 is 0 Å². The molecule has 3 aromatic carbocycles. The van der Waals surface area contributed by atoms with E-state index in [9.17, 15) is 4.79 Å². The summed E-state index contributed by atoms with van der Waals surface area (Å²) in [5.41, 5.74) is -0.248. The average Bonchev–Trinajstić information content (AvgIpc) is 3.59. The number of carbonyl (C=O) groups is 1. The van der Waals surface area contributed by atoms with Crippen molar-refractivity contribution in [3.63, 3.8) is 0 Å². The molecule has 1 aliphatic heterocycles. The van der Waals surface area contributed by atoms with Crippen LogP contribution in [-0.4, -0.2) is 42.6 Å². The summed E-state index contributed by atoms with van der Waals surface area (Å²) in [6.07, 6.45) is 5.00. The van der Waals surface area contributed by atoms with Gasteiger partial charge in [-0.25, -0.2) is 0 Å². The molecular formula is C30H35NO2P+. The fraction of sp³-hybridized carbons (Fsp3) is 0.367. The van der Waals surface area contributed by atoms with E-state index in [2.05, 4.69) is 105 Å². The number of carbonyl (C=O) groups excluding carboxylic acids is 1. The van der Waals surface area contributed by atoms with E-state index in [-0.39, 0.29) is 17.2 Å². The first kappa shape index (κ1) is 22.0. The first-order chi connectivity index (χ1) is 16.5. The van der Waals surface area contributed by atoms with Gasteiger partial charge in [-0.1, -0.05) is 0 Å². The predicted octanol–water partition coefficient (Wildman–Crippen LogP) is 4.62. The average molecular weight is 473 g/mol. The van der Waals surface area contributed by atoms with Crippen molar-refractivity contribution < 1.29 is 13.8 Å². The van der Waals surface area contributed by atoms with Crippen LogP contribution in [0.2, 0.25) is 0 Å². The zero-order valence-corrected chi connectivity index (χ0v) is 21.3. The summed E-state index contributed by atoms with van der Waals surface area (Å²) >= 11 is 0. The van der Waals surface area contributed by atoms with Gasteiger partial charge in [0.2, 0.25) is 0 Å². The first-order valence-electron chi connectivity index (χ1n) is 12.6. The summed E-state index contributed by atoms with van der Waals surface area (Å²) in [6, 6.07) is 32.9. The minimum atomic E-state index is -3.40.